The summed E-state index contributed by atoms with van der Waals surface area (Å²) in [7, 11) is 0. The van der Waals surface area contributed by atoms with Crippen molar-refractivity contribution in [2.75, 3.05) is 19.6 Å². The van der Waals surface area contributed by atoms with E-state index < -0.39 is 6.10 Å². The molecule has 0 aliphatic rings. The van der Waals surface area contributed by atoms with Crippen molar-refractivity contribution in [2.24, 2.45) is 0 Å². The van der Waals surface area contributed by atoms with E-state index in [9.17, 15) is 4.79 Å². The number of amides is 1. The van der Waals surface area contributed by atoms with E-state index in [1.165, 1.54) is 0 Å². The van der Waals surface area contributed by atoms with E-state index in [2.05, 4.69) is 5.32 Å². The lowest BCUT2D eigenvalue weighted by atomic mass is 10.2. The highest BCUT2D eigenvalue weighted by atomic mass is 35.5. The molecule has 0 aliphatic heterocycles. The monoisotopic (exact) mass is 312 g/mol. The number of hydrogen-bond donors (Lipinski definition) is 1. The number of carbonyl (C=O) groups excluding carboxylic acids is 1. The third kappa shape index (κ3) is 5.21. The van der Waals surface area contributed by atoms with Crippen LogP contribution in [0, 0.1) is 0 Å². The number of ether oxygens (including phenoxy) is 1. The molecule has 4 nitrogen and oxygen atoms in total. The summed E-state index contributed by atoms with van der Waals surface area (Å²) < 4.78 is 5.85. The summed E-state index contributed by atoms with van der Waals surface area (Å²) in [5, 5.41) is 3.91. The van der Waals surface area contributed by atoms with Crippen LogP contribution in [0.2, 0.25) is 5.02 Å². The summed E-state index contributed by atoms with van der Waals surface area (Å²) in [6, 6.07) is 5.47. The highest BCUT2D eigenvalue weighted by Gasteiger charge is 2.20. The fourth-order valence-corrected chi connectivity index (χ4v) is 2.29. The van der Waals surface area contributed by atoms with Gasteiger partial charge in [-0.15, -0.1) is 0 Å². The highest BCUT2D eigenvalue weighted by Crippen LogP contribution is 2.24. The van der Waals surface area contributed by atoms with Crippen molar-refractivity contribution < 1.29 is 9.53 Å². The fraction of sp³-hybridized carbons (Fsp3) is 0.562. The van der Waals surface area contributed by atoms with Crippen molar-refractivity contribution in [1.29, 1.82) is 0 Å². The third-order valence-corrected chi connectivity index (χ3v) is 3.55. The van der Waals surface area contributed by atoms with Crippen LogP contribution in [-0.4, -0.2) is 36.5 Å². The molecule has 1 amide bonds. The maximum absolute atomic E-state index is 12.3. The summed E-state index contributed by atoms with van der Waals surface area (Å²) in [5.74, 6) is 0.706. The minimum atomic E-state index is -0.508. The maximum atomic E-state index is 12.3. The molecule has 21 heavy (non-hydrogen) atoms. The Kier molecular flexibility index (Phi) is 7.54. The van der Waals surface area contributed by atoms with E-state index >= 15 is 0 Å². The molecule has 0 spiro atoms. The molecule has 1 aromatic rings. The first-order valence-corrected chi connectivity index (χ1v) is 7.85. The first-order valence-electron chi connectivity index (χ1n) is 7.48. The molecule has 0 heterocycles. The second-order valence-electron chi connectivity index (χ2n) is 4.80. The number of likely N-dealkylation sites (N-methyl/N-ethyl adjacent to an activating group) is 1. The van der Waals surface area contributed by atoms with Gasteiger partial charge in [0.25, 0.3) is 5.91 Å². The van der Waals surface area contributed by atoms with E-state index in [-0.39, 0.29) is 5.91 Å². The van der Waals surface area contributed by atoms with Crippen LogP contribution in [0.5, 0.6) is 5.75 Å². The number of carbonyl (C=O) groups is 1. The van der Waals surface area contributed by atoms with Gasteiger partial charge in [-0.3, -0.25) is 4.79 Å². The molecule has 0 radical (unpaired) electrons. The summed E-state index contributed by atoms with van der Waals surface area (Å²) in [5.41, 5.74) is 0.962. The number of hydrogen-bond acceptors (Lipinski definition) is 3. The van der Waals surface area contributed by atoms with Gasteiger partial charge in [-0.25, -0.2) is 0 Å². The third-order valence-electron chi connectivity index (χ3n) is 3.31. The molecule has 0 saturated carbocycles. The van der Waals surface area contributed by atoms with Crippen molar-refractivity contribution in [1.82, 2.24) is 10.2 Å². The first kappa shape index (κ1) is 17.8. The molecule has 1 N–H and O–H groups in total. The Labute approximate surface area is 132 Å². The van der Waals surface area contributed by atoms with Crippen molar-refractivity contribution in [3.63, 3.8) is 0 Å². The molecular weight excluding hydrogens is 288 g/mol. The summed E-state index contributed by atoms with van der Waals surface area (Å²) >= 11 is 6.03. The molecule has 0 bridgehead atoms. The Bertz CT molecular complexity index is 462. The van der Waals surface area contributed by atoms with Crippen LogP contribution >= 0.6 is 11.6 Å². The van der Waals surface area contributed by atoms with Gasteiger partial charge in [-0.05, 0) is 45.5 Å². The number of nitrogens with one attached hydrogen (secondary N) is 1. The minimum Gasteiger partial charge on any atom is -0.481 e. The minimum absolute atomic E-state index is 0.00403. The molecule has 1 rings (SSSR count). The summed E-state index contributed by atoms with van der Waals surface area (Å²) in [4.78, 5) is 14.0. The Morgan fingerprint density at radius 2 is 2.00 bits per heavy atom. The van der Waals surface area contributed by atoms with Crippen LogP contribution in [0.3, 0.4) is 0 Å². The van der Waals surface area contributed by atoms with Crippen molar-refractivity contribution in [3.05, 3.63) is 28.8 Å². The second kappa shape index (κ2) is 8.90. The topological polar surface area (TPSA) is 41.6 Å². The Morgan fingerprint density at radius 3 is 2.57 bits per heavy atom. The SMILES string of the molecule is CCNCc1cc(Cl)ccc1OC(C)C(=O)N(CC)CC. The molecule has 1 atom stereocenters. The molecule has 0 saturated heterocycles. The highest BCUT2D eigenvalue weighted by molar-refractivity contribution is 6.30. The predicted molar refractivity (Wildman–Crippen MR) is 86.9 cm³/mol. The maximum Gasteiger partial charge on any atom is 0.263 e. The van der Waals surface area contributed by atoms with E-state index in [0.717, 1.165) is 12.1 Å². The number of rotatable bonds is 8. The molecule has 0 fully saturated rings. The van der Waals surface area contributed by atoms with Gasteiger partial charge >= 0.3 is 0 Å². The Morgan fingerprint density at radius 1 is 1.33 bits per heavy atom. The Hall–Kier alpha value is -1.26. The molecule has 0 aromatic heterocycles. The number of benzene rings is 1. The fourth-order valence-electron chi connectivity index (χ4n) is 2.09. The molecule has 118 valence electrons. The van der Waals surface area contributed by atoms with Gasteiger partial charge < -0.3 is 15.0 Å². The van der Waals surface area contributed by atoms with Crippen LogP contribution in [0.25, 0.3) is 0 Å². The average Bonchev–Trinajstić information content (AvgIpc) is 2.48. The van der Waals surface area contributed by atoms with Gasteiger partial charge in [-0.2, -0.15) is 0 Å². The lowest BCUT2D eigenvalue weighted by Crippen LogP contribution is -2.40. The van der Waals surface area contributed by atoms with Gasteiger partial charge in [-0.1, -0.05) is 18.5 Å². The standard InChI is InChI=1S/C16H25ClN2O2/c1-5-18-11-13-10-14(17)8-9-15(13)21-12(4)16(20)19(6-2)7-3/h8-10,12,18H,5-7,11H2,1-4H3. The molecule has 1 unspecified atom stereocenters. The molecule has 1 aromatic carbocycles. The quantitative estimate of drug-likeness (QED) is 0.802. The first-order chi connectivity index (χ1) is 10.0. The van der Waals surface area contributed by atoms with Crippen LogP contribution in [-0.2, 0) is 11.3 Å². The van der Waals surface area contributed by atoms with E-state index in [1.807, 2.05) is 32.9 Å². The summed E-state index contributed by atoms with van der Waals surface area (Å²) in [6.07, 6.45) is -0.508. The predicted octanol–water partition coefficient (Wildman–Crippen LogP) is 3.09. The van der Waals surface area contributed by atoms with Crippen LogP contribution in [0.15, 0.2) is 18.2 Å². The van der Waals surface area contributed by atoms with Gasteiger partial charge in [0.1, 0.15) is 5.75 Å². The number of halogens is 1. The largest absolute Gasteiger partial charge is 0.481 e. The van der Waals surface area contributed by atoms with E-state index in [1.54, 1.807) is 17.9 Å². The van der Waals surface area contributed by atoms with E-state index in [4.69, 9.17) is 16.3 Å². The van der Waals surface area contributed by atoms with Crippen LogP contribution < -0.4 is 10.1 Å². The molecule has 5 heteroatoms. The lowest BCUT2D eigenvalue weighted by Gasteiger charge is -2.24. The van der Waals surface area contributed by atoms with Crippen molar-refractivity contribution >= 4 is 17.5 Å². The zero-order valence-electron chi connectivity index (χ0n) is 13.3. The van der Waals surface area contributed by atoms with Gasteiger partial charge in [0, 0.05) is 30.2 Å². The van der Waals surface area contributed by atoms with Crippen molar-refractivity contribution in [3.8, 4) is 5.75 Å². The summed E-state index contributed by atoms with van der Waals surface area (Å²) in [6.45, 7) is 10.7. The van der Waals surface area contributed by atoms with Crippen LogP contribution in [0.1, 0.15) is 33.3 Å². The van der Waals surface area contributed by atoms with Gasteiger partial charge in [0.05, 0.1) is 0 Å². The molecular formula is C16H25ClN2O2. The normalized spacial score (nSPS) is 12.0. The smallest absolute Gasteiger partial charge is 0.263 e. The van der Waals surface area contributed by atoms with E-state index in [0.29, 0.717) is 30.4 Å². The van der Waals surface area contributed by atoms with Gasteiger partial charge in [0.2, 0.25) is 0 Å². The van der Waals surface area contributed by atoms with Gasteiger partial charge in [0.15, 0.2) is 6.10 Å². The number of nitrogens with zero attached hydrogens (tertiary/aromatic N) is 1. The Balaban J connectivity index is 2.83. The van der Waals surface area contributed by atoms with Crippen LogP contribution in [0.4, 0.5) is 0 Å². The zero-order chi connectivity index (χ0) is 15.8. The average molecular weight is 313 g/mol. The van der Waals surface area contributed by atoms with Crippen molar-refractivity contribution in [2.45, 2.75) is 40.3 Å². The molecule has 0 aliphatic carbocycles. The zero-order valence-corrected chi connectivity index (χ0v) is 14.0. The second-order valence-corrected chi connectivity index (χ2v) is 5.24. The lowest BCUT2D eigenvalue weighted by molar-refractivity contribution is -0.137.